The summed E-state index contributed by atoms with van der Waals surface area (Å²) in [4.78, 5) is 10.1. The van der Waals surface area contributed by atoms with Gasteiger partial charge >= 0.3 is 0 Å². The predicted molar refractivity (Wildman–Crippen MR) is 53.0 cm³/mol. The highest BCUT2D eigenvalue weighted by Gasteiger charge is 2.13. The molecule has 14 heavy (non-hydrogen) atoms. The molecule has 0 spiro atoms. The van der Waals surface area contributed by atoms with Gasteiger partial charge in [-0.2, -0.15) is 0 Å². The van der Waals surface area contributed by atoms with Gasteiger partial charge in [0.2, 0.25) is 0 Å². The van der Waals surface area contributed by atoms with Gasteiger partial charge < -0.3 is 19.4 Å². The quantitative estimate of drug-likeness (QED) is 0.347. The van der Waals surface area contributed by atoms with Crippen LogP contribution in [0.3, 0.4) is 0 Å². The number of rotatable bonds is 9. The SMILES string of the molecule is CCC(CO)OC(CCCC=O)OC. The average Bonchev–Trinajstić information content (AvgIpc) is 2.23. The molecular weight excluding hydrogens is 184 g/mol. The fourth-order valence-corrected chi connectivity index (χ4v) is 1.09. The van der Waals surface area contributed by atoms with Crippen LogP contribution in [0.5, 0.6) is 0 Å². The first-order valence-electron chi connectivity index (χ1n) is 5.01. The maximum absolute atomic E-state index is 10.1. The Balaban J connectivity index is 3.70. The van der Waals surface area contributed by atoms with E-state index in [9.17, 15) is 4.79 Å². The molecule has 0 saturated heterocycles. The first kappa shape index (κ1) is 13.5. The Bertz CT molecular complexity index is 134. The van der Waals surface area contributed by atoms with Gasteiger partial charge in [-0.15, -0.1) is 0 Å². The molecule has 2 unspecified atom stereocenters. The van der Waals surface area contributed by atoms with E-state index in [4.69, 9.17) is 14.6 Å². The molecule has 1 N–H and O–H groups in total. The minimum absolute atomic E-state index is 0.00401. The molecule has 2 atom stereocenters. The van der Waals surface area contributed by atoms with Crippen molar-refractivity contribution in [2.24, 2.45) is 0 Å². The van der Waals surface area contributed by atoms with E-state index in [2.05, 4.69) is 0 Å². The number of carbonyl (C=O) groups excluding carboxylic acids is 1. The summed E-state index contributed by atoms with van der Waals surface area (Å²) in [6.45, 7) is 1.95. The Hall–Kier alpha value is -0.450. The summed E-state index contributed by atoms with van der Waals surface area (Å²) in [6.07, 6.45) is 3.12. The molecule has 0 bridgehead atoms. The molecule has 0 radical (unpaired) electrons. The highest BCUT2D eigenvalue weighted by molar-refractivity contribution is 5.48. The molecule has 0 aliphatic rings. The second-order valence-electron chi connectivity index (χ2n) is 3.11. The normalized spacial score (nSPS) is 15.1. The molecule has 84 valence electrons. The highest BCUT2D eigenvalue weighted by Crippen LogP contribution is 2.09. The number of aliphatic hydroxyl groups excluding tert-OH is 1. The van der Waals surface area contributed by atoms with E-state index >= 15 is 0 Å². The molecule has 0 aliphatic carbocycles. The number of hydrogen-bond acceptors (Lipinski definition) is 4. The van der Waals surface area contributed by atoms with E-state index in [0.29, 0.717) is 12.8 Å². The van der Waals surface area contributed by atoms with Gasteiger partial charge in [0.15, 0.2) is 6.29 Å². The summed E-state index contributed by atoms with van der Waals surface area (Å²) < 4.78 is 10.5. The van der Waals surface area contributed by atoms with Crippen molar-refractivity contribution in [1.29, 1.82) is 0 Å². The zero-order valence-electron chi connectivity index (χ0n) is 8.94. The fraction of sp³-hybridized carbons (Fsp3) is 0.900. The summed E-state index contributed by atoms with van der Waals surface area (Å²) in [5.74, 6) is 0. The molecule has 0 aromatic heterocycles. The fourth-order valence-electron chi connectivity index (χ4n) is 1.09. The minimum atomic E-state index is -0.313. The summed E-state index contributed by atoms with van der Waals surface area (Å²) in [6, 6.07) is 0. The first-order valence-corrected chi connectivity index (χ1v) is 5.01. The van der Waals surface area contributed by atoms with Gasteiger partial charge in [0.1, 0.15) is 6.29 Å². The van der Waals surface area contributed by atoms with E-state index in [0.717, 1.165) is 19.1 Å². The second-order valence-corrected chi connectivity index (χ2v) is 3.11. The lowest BCUT2D eigenvalue weighted by Gasteiger charge is -2.21. The van der Waals surface area contributed by atoms with Crippen LogP contribution in [0, 0.1) is 0 Å². The zero-order valence-corrected chi connectivity index (χ0v) is 8.94. The van der Waals surface area contributed by atoms with Crippen LogP contribution >= 0.6 is 0 Å². The standard InChI is InChI=1S/C10H20O4/c1-3-9(8-12)14-10(13-2)6-4-5-7-11/h7,9-10,12H,3-6,8H2,1-2H3. The van der Waals surface area contributed by atoms with Crippen LogP contribution in [0.15, 0.2) is 0 Å². The maximum Gasteiger partial charge on any atom is 0.157 e. The average molecular weight is 204 g/mol. The molecular formula is C10H20O4. The maximum atomic E-state index is 10.1. The van der Waals surface area contributed by atoms with Crippen LogP contribution < -0.4 is 0 Å². The van der Waals surface area contributed by atoms with Gasteiger partial charge in [-0.05, 0) is 19.3 Å². The number of aldehydes is 1. The van der Waals surface area contributed by atoms with E-state index < -0.39 is 0 Å². The Labute approximate surface area is 85.2 Å². The van der Waals surface area contributed by atoms with Crippen molar-refractivity contribution < 1.29 is 19.4 Å². The van der Waals surface area contributed by atoms with Crippen molar-refractivity contribution in [3.8, 4) is 0 Å². The number of hydrogen-bond donors (Lipinski definition) is 1. The van der Waals surface area contributed by atoms with Crippen LogP contribution in [-0.2, 0) is 14.3 Å². The van der Waals surface area contributed by atoms with Gasteiger partial charge in [-0.1, -0.05) is 6.92 Å². The molecule has 0 aromatic rings. The lowest BCUT2D eigenvalue weighted by molar-refractivity contribution is -0.168. The van der Waals surface area contributed by atoms with Crippen molar-refractivity contribution in [3.63, 3.8) is 0 Å². The molecule has 4 nitrogen and oxygen atoms in total. The van der Waals surface area contributed by atoms with Gasteiger partial charge in [0, 0.05) is 13.5 Å². The van der Waals surface area contributed by atoms with Crippen LogP contribution in [-0.4, -0.2) is 37.5 Å². The van der Waals surface area contributed by atoms with Crippen molar-refractivity contribution in [3.05, 3.63) is 0 Å². The predicted octanol–water partition coefficient (Wildman–Crippen LogP) is 1.12. The Morgan fingerprint density at radius 2 is 2.21 bits per heavy atom. The molecule has 0 fully saturated rings. The number of ether oxygens (including phenoxy) is 2. The summed E-state index contributed by atoms with van der Waals surface area (Å²) in [5, 5.41) is 8.91. The molecule has 0 heterocycles. The molecule has 0 rings (SSSR count). The van der Waals surface area contributed by atoms with Gasteiger partial charge in [0.25, 0.3) is 0 Å². The second kappa shape index (κ2) is 9.12. The molecule has 0 aliphatic heterocycles. The van der Waals surface area contributed by atoms with Crippen molar-refractivity contribution in [2.45, 2.75) is 45.0 Å². The van der Waals surface area contributed by atoms with Crippen LogP contribution in [0.1, 0.15) is 32.6 Å². The third-order valence-corrected chi connectivity index (χ3v) is 2.03. The van der Waals surface area contributed by atoms with E-state index in [1.807, 2.05) is 6.92 Å². The van der Waals surface area contributed by atoms with E-state index in [-0.39, 0.29) is 19.0 Å². The number of carbonyl (C=O) groups is 1. The summed E-state index contributed by atoms with van der Waals surface area (Å²) in [7, 11) is 1.57. The number of aliphatic hydroxyl groups is 1. The topological polar surface area (TPSA) is 55.8 Å². The highest BCUT2D eigenvalue weighted by atomic mass is 16.7. The van der Waals surface area contributed by atoms with Gasteiger partial charge in [0.05, 0.1) is 12.7 Å². The minimum Gasteiger partial charge on any atom is -0.394 e. The molecule has 0 saturated carbocycles. The summed E-state index contributed by atoms with van der Waals surface area (Å²) >= 11 is 0. The molecule has 0 amide bonds. The van der Waals surface area contributed by atoms with E-state index in [1.165, 1.54) is 0 Å². The van der Waals surface area contributed by atoms with Crippen molar-refractivity contribution >= 4 is 6.29 Å². The smallest absolute Gasteiger partial charge is 0.157 e. The Morgan fingerprint density at radius 1 is 1.50 bits per heavy atom. The van der Waals surface area contributed by atoms with Crippen molar-refractivity contribution in [1.82, 2.24) is 0 Å². The van der Waals surface area contributed by atoms with Crippen LogP contribution in [0.2, 0.25) is 0 Å². The van der Waals surface area contributed by atoms with Crippen LogP contribution in [0.4, 0.5) is 0 Å². The third-order valence-electron chi connectivity index (χ3n) is 2.03. The van der Waals surface area contributed by atoms with Crippen molar-refractivity contribution in [2.75, 3.05) is 13.7 Å². The van der Waals surface area contributed by atoms with Gasteiger partial charge in [-0.3, -0.25) is 0 Å². The summed E-state index contributed by atoms with van der Waals surface area (Å²) in [5.41, 5.74) is 0. The lowest BCUT2D eigenvalue weighted by Crippen LogP contribution is -2.26. The monoisotopic (exact) mass is 204 g/mol. The largest absolute Gasteiger partial charge is 0.394 e. The lowest BCUT2D eigenvalue weighted by atomic mass is 10.2. The zero-order chi connectivity index (χ0) is 10.8. The van der Waals surface area contributed by atoms with Gasteiger partial charge in [-0.25, -0.2) is 0 Å². The number of unbranched alkanes of at least 4 members (excludes halogenated alkanes) is 1. The number of methoxy groups -OCH3 is 1. The van der Waals surface area contributed by atoms with Crippen LogP contribution in [0.25, 0.3) is 0 Å². The Kier molecular flexibility index (Phi) is 8.83. The Morgan fingerprint density at radius 3 is 2.64 bits per heavy atom. The first-order chi connectivity index (χ1) is 6.78. The molecule has 0 aromatic carbocycles. The third kappa shape index (κ3) is 6.07. The molecule has 4 heteroatoms. The van der Waals surface area contributed by atoms with E-state index in [1.54, 1.807) is 7.11 Å².